The van der Waals surface area contributed by atoms with E-state index in [0.717, 1.165) is 40.1 Å². The summed E-state index contributed by atoms with van der Waals surface area (Å²) < 4.78 is 0.821. The van der Waals surface area contributed by atoms with E-state index in [4.69, 9.17) is 11.6 Å². The van der Waals surface area contributed by atoms with Crippen LogP contribution in [0.4, 0.5) is 0 Å². The summed E-state index contributed by atoms with van der Waals surface area (Å²) in [4.78, 5) is 11.4. The summed E-state index contributed by atoms with van der Waals surface area (Å²) in [6.07, 6.45) is 2.98. The van der Waals surface area contributed by atoms with Gasteiger partial charge in [0.15, 0.2) is 5.82 Å². The second-order valence-corrected chi connectivity index (χ2v) is 6.29. The van der Waals surface area contributed by atoms with Crippen molar-refractivity contribution in [3.63, 3.8) is 0 Å². The highest BCUT2D eigenvalue weighted by atomic mass is 79.9. The van der Waals surface area contributed by atoms with Crippen molar-refractivity contribution < 1.29 is 0 Å². The zero-order valence-corrected chi connectivity index (χ0v) is 13.5. The van der Waals surface area contributed by atoms with Crippen LogP contribution in [0, 0.1) is 0 Å². The normalized spacial score (nSPS) is 10.9. The van der Waals surface area contributed by atoms with Gasteiger partial charge in [0.25, 0.3) is 0 Å². The van der Waals surface area contributed by atoms with E-state index >= 15 is 0 Å². The van der Waals surface area contributed by atoms with Crippen LogP contribution in [0.3, 0.4) is 0 Å². The zero-order chi connectivity index (χ0) is 13.1. The van der Waals surface area contributed by atoms with Crippen LogP contribution in [0.25, 0.3) is 10.7 Å². The van der Waals surface area contributed by atoms with Crippen LogP contribution in [-0.4, -0.2) is 9.97 Å². The Morgan fingerprint density at radius 2 is 2.06 bits per heavy atom. The van der Waals surface area contributed by atoms with Gasteiger partial charge in [0, 0.05) is 4.88 Å². The molecule has 0 saturated carbocycles. The number of nitrogens with zero attached hydrogens (tertiary/aromatic N) is 2. The Bertz CT molecular complexity index is 554. The van der Waals surface area contributed by atoms with Crippen LogP contribution in [0.15, 0.2) is 16.6 Å². The standard InChI is InChI=1S/C13H14BrClN2S/c1-3-5-9-11(14)12(15)17-13(16-9)10-7-6-8(4-2)18-10/h6-7H,3-5H2,1-2H3. The Kier molecular flexibility index (Phi) is 4.76. The molecular formula is C13H14BrClN2S. The summed E-state index contributed by atoms with van der Waals surface area (Å²) in [5, 5.41) is 0.495. The molecule has 5 heteroatoms. The molecule has 0 aliphatic carbocycles. The van der Waals surface area contributed by atoms with Gasteiger partial charge >= 0.3 is 0 Å². The molecule has 0 aliphatic heterocycles. The Hall–Kier alpha value is -0.450. The molecule has 0 atom stereocenters. The molecule has 0 saturated heterocycles. The number of hydrogen-bond acceptors (Lipinski definition) is 3. The molecule has 0 unspecified atom stereocenters. The van der Waals surface area contributed by atoms with E-state index in [0.29, 0.717) is 5.15 Å². The minimum absolute atomic E-state index is 0.495. The van der Waals surface area contributed by atoms with E-state index in [-0.39, 0.29) is 0 Å². The maximum Gasteiger partial charge on any atom is 0.171 e. The van der Waals surface area contributed by atoms with Crippen LogP contribution >= 0.6 is 38.9 Å². The Labute approximate surface area is 125 Å². The number of rotatable bonds is 4. The molecule has 0 N–H and O–H groups in total. The fourth-order valence-corrected chi connectivity index (χ4v) is 3.11. The van der Waals surface area contributed by atoms with Gasteiger partial charge in [-0.05, 0) is 40.9 Å². The van der Waals surface area contributed by atoms with Gasteiger partial charge in [0.05, 0.1) is 15.0 Å². The highest BCUT2D eigenvalue weighted by molar-refractivity contribution is 9.10. The number of thiophene rings is 1. The van der Waals surface area contributed by atoms with Crippen molar-refractivity contribution in [2.45, 2.75) is 33.1 Å². The fraction of sp³-hybridized carbons (Fsp3) is 0.385. The van der Waals surface area contributed by atoms with E-state index in [2.05, 4.69) is 51.9 Å². The Morgan fingerprint density at radius 3 is 2.67 bits per heavy atom. The van der Waals surface area contributed by atoms with Crippen molar-refractivity contribution in [2.75, 3.05) is 0 Å². The van der Waals surface area contributed by atoms with Gasteiger partial charge in [0.2, 0.25) is 0 Å². The highest BCUT2D eigenvalue weighted by Gasteiger charge is 2.12. The third kappa shape index (κ3) is 2.92. The second kappa shape index (κ2) is 6.13. The summed E-state index contributed by atoms with van der Waals surface area (Å²) >= 11 is 11.3. The average molecular weight is 346 g/mol. The van der Waals surface area contributed by atoms with Gasteiger partial charge in [-0.25, -0.2) is 9.97 Å². The SMILES string of the molecule is CCCc1nc(-c2ccc(CC)s2)nc(Cl)c1Br. The number of aryl methyl sites for hydroxylation is 2. The molecule has 0 aliphatic rings. The van der Waals surface area contributed by atoms with Crippen LogP contribution in [0.1, 0.15) is 30.8 Å². The molecule has 0 aromatic carbocycles. The molecule has 0 spiro atoms. The third-order valence-electron chi connectivity index (χ3n) is 2.60. The first-order valence-electron chi connectivity index (χ1n) is 5.96. The topological polar surface area (TPSA) is 25.8 Å². The van der Waals surface area contributed by atoms with Crippen molar-refractivity contribution in [3.05, 3.63) is 32.3 Å². The molecule has 2 heterocycles. The van der Waals surface area contributed by atoms with E-state index < -0.39 is 0 Å². The lowest BCUT2D eigenvalue weighted by Gasteiger charge is -2.06. The molecule has 2 aromatic heterocycles. The molecule has 0 fully saturated rings. The van der Waals surface area contributed by atoms with Crippen LogP contribution in [0.5, 0.6) is 0 Å². The quantitative estimate of drug-likeness (QED) is 0.717. The minimum atomic E-state index is 0.495. The first-order valence-corrected chi connectivity index (χ1v) is 7.95. The number of aromatic nitrogens is 2. The lowest BCUT2D eigenvalue weighted by Crippen LogP contribution is -1.97. The van der Waals surface area contributed by atoms with E-state index in [1.807, 2.05) is 0 Å². The Morgan fingerprint density at radius 1 is 1.28 bits per heavy atom. The third-order valence-corrected chi connectivity index (χ3v) is 5.16. The minimum Gasteiger partial charge on any atom is -0.231 e. The molecule has 96 valence electrons. The van der Waals surface area contributed by atoms with E-state index in [1.165, 1.54) is 4.88 Å². The molecule has 2 nitrogen and oxygen atoms in total. The largest absolute Gasteiger partial charge is 0.231 e. The van der Waals surface area contributed by atoms with Crippen LogP contribution in [-0.2, 0) is 12.8 Å². The summed E-state index contributed by atoms with van der Waals surface area (Å²) in [6, 6.07) is 4.19. The number of halogens is 2. The summed E-state index contributed by atoms with van der Waals surface area (Å²) in [5.74, 6) is 0.733. The first-order chi connectivity index (χ1) is 8.65. The molecule has 2 aromatic rings. The lowest BCUT2D eigenvalue weighted by atomic mass is 10.2. The summed E-state index contributed by atoms with van der Waals surface area (Å²) in [7, 11) is 0. The smallest absolute Gasteiger partial charge is 0.171 e. The van der Waals surface area contributed by atoms with E-state index in [9.17, 15) is 0 Å². The predicted molar refractivity (Wildman–Crippen MR) is 81.4 cm³/mol. The van der Waals surface area contributed by atoms with Crippen molar-refractivity contribution in [1.82, 2.24) is 9.97 Å². The molecule has 0 bridgehead atoms. The molecule has 2 rings (SSSR count). The maximum atomic E-state index is 6.15. The molecule has 0 amide bonds. The molecular weight excluding hydrogens is 332 g/mol. The van der Waals surface area contributed by atoms with Gasteiger partial charge in [-0.3, -0.25) is 0 Å². The summed E-state index contributed by atoms with van der Waals surface area (Å²) in [6.45, 7) is 4.27. The van der Waals surface area contributed by atoms with Crippen molar-refractivity contribution >= 4 is 38.9 Å². The highest BCUT2D eigenvalue weighted by Crippen LogP contribution is 2.31. The number of hydrogen-bond donors (Lipinski definition) is 0. The fourth-order valence-electron chi connectivity index (χ4n) is 1.66. The maximum absolute atomic E-state index is 6.15. The van der Waals surface area contributed by atoms with Gasteiger partial charge in [-0.2, -0.15) is 0 Å². The van der Waals surface area contributed by atoms with Gasteiger partial charge < -0.3 is 0 Å². The lowest BCUT2D eigenvalue weighted by molar-refractivity contribution is 0.868. The summed E-state index contributed by atoms with van der Waals surface area (Å²) in [5.41, 5.74) is 0.985. The van der Waals surface area contributed by atoms with Crippen molar-refractivity contribution in [2.24, 2.45) is 0 Å². The van der Waals surface area contributed by atoms with E-state index in [1.54, 1.807) is 11.3 Å². The predicted octanol–water partition coefficient (Wildman–Crippen LogP) is 5.14. The Balaban J connectivity index is 2.44. The first kappa shape index (κ1) is 14.0. The zero-order valence-electron chi connectivity index (χ0n) is 10.3. The molecule has 18 heavy (non-hydrogen) atoms. The monoisotopic (exact) mass is 344 g/mol. The van der Waals surface area contributed by atoms with Crippen LogP contribution in [0.2, 0.25) is 5.15 Å². The van der Waals surface area contributed by atoms with Gasteiger partial charge in [-0.1, -0.05) is 31.9 Å². The van der Waals surface area contributed by atoms with Gasteiger partial charge in [0.1, 0.15) is 5.15 Å². The average Bonchev–Trinajstić information content (AvgIpc) is 2.83. The van der Waals surface area contributed by atoms with Crippen molar-refractivity contribution in [3.8, 4) is 10.7 Å². The van der Waals surface area contributed by atoms with Crippen molar-refractivity contribution in [1.29, 1.82) is 0 Å². The molecule has 0 radical (unpaired) electrons. The van der Waals surface area contributed by atoms with Gasteiger partial charge in [-0.15, -0.1) is 11.3 Å². The second-order valence-electron chi connectivity index (χ2n) is 3.97. The van der Waals surface area contributed by atoms with Crippen LogP contribution < -0.4 is 0 Å².